The molecular formula is C12H14O3. The fourth-order valence-electron chi connectivity index (χ4n) is 1.22. The number of para-hydroxylation sites is 1. The zero-order valence-electron chi connectivity index (χ0n) is 8.95. The van der Waals surface area contributed by atoms with Gasteiger partial charge in [-0.15, -0.1) is 0 Å². The Labute approximate surface area is 89.1 Å². The lowest BCUT2D eigenvalue weighted by atomic mass is 10.1. The van der Waals surface area contributed by atoms with E-state index in [2.05, 4.69) is 0 Å². The van der Waals surface area contributed by atoms with Gasteiger partial charge in [0.05, 0.1) is 5.56 Å². The number of carbonyl (C=O) groups excluding carboxylic acids is 2. The smallest absolute Gasteiger partial charge is 0.311 e. The molecule has 15 heavy (non-hydrogen) atoms. The van der Waals surface area contributed by atoms with Crippen molar-refractivity contribution in [2.75, 3.05) is 0 Å². The number of Topliss-reactive ketones (excluding diaryl/α,β-unsaturated/α-hetero) is 1. The van der Waals surface area contributed by atoms with Gasteiger partial charge in [-0.1, -0.05) is 19.1 Å². The second kappa shape index (κ2) is 5.29. The van der Waals surface area contributed by atoms with E-state index < -0.39 is 0 Å². The molecule has 3 heteroatoms. The average Bonchev–Trinajstić information content (AvgIpc) is 2.18. The first-order valence-corrected chi connectivity index (χ1v) is 4.95. The van der Waals surface area contributed by atoms with Crippen LogP contribution in [-0.2, 0) is 4.79 Å². The molecular weight excluding hydrogens is 192 g/mol. The lowest BCUT2D eigenvalue weighted by Gasteiger charge is -2.06. The number of carbonyl (C=O) groups is 2. The number of esters is 1. The molecule has 0 fully saturated rings. The fraction of sp³-hybridized carbons (Fsp3) is 0.333. The van der Waals surface area contributed by atoms with E-state index in [0.29, 0.717) is 17.7 Å². The van der Waals surface area contributed by atoms with Gasteiger partial charge >= 0.3 is 5.97 Å². The first-order valence-electron chi connectivity index (χ1n) is 4.95. The first kappa shape index (κ1) is 11.4. The lowest BCUT2D eigenvalue weighted by Crippen LogP contribution is -2.09. The molecule has 0 radical (unpaired) electrons. The van der Waals surface area contributed by atoms with Gasteiger partial charge in [0.1, 0.15) is 5.75 Å². The van der Waals surface area contributed by atoms with Crippen molar-refractivity contribution in [3.05, 3.63) is 29.8 Å². The van der Waals surface area contributed by atoms with Crippen LogP contribution < -0.4 is 4.74 Å². The Kier molecular flexibility index (Phi) is 4.03. The second-order valence-electron chi connectivity index (χ2n) is 3.28. The third-order valence-corrected chi connectivity index (χ3v) is 1.94. The maximum absolute atomic E-state index is 11.3. The Morgan fingerprint density at radius 1 is 1.27 bits per heavy atom. The molecule has 0 heterocycles. The average molecular weight is 206 g/mol. The zero-order chi connectivity index (χ0) is 11.3. The quantitative estimate of drug-likeness (QED) is 0.432. The molecule has 1 aromatic carbocycles. The normalized spacial score (nSPS) is 9.73. The van der Waals surface area contributed by atoms with E-state index in [1.54, 1.807) is 24.3 Å². The molecule has 0 aromatic heterocycles. The summed E-state index contributed by atoms with van der Waals surface area (Å²) < 4.78 is 5.09. The SMILES string of the molecule is CCCC(=O)Oc1ccccc1C(C)=O. The van der Waals surface area contributed by atoms with E-state index in [4.69, 9.17) is 4.74 Å². The third-order valence-electron chi connectivity index (χ3n) is 1.94. The van der Waals surface area contributed by atoms with E-state index in [1.807, 2.05) is 6.92 Å². The number of ketones is 1. The minimum absolute atomic E-state index is 0.102. The van der Waals surface area contributed by atoms with Crippen LogP contribution in [0.25, 0.3) is 0 Å². The summed E-state index contributed by atoms with van der Waals surface area (Å²) in [6, 6.07) is 6.76. The van der Waals surface area contributed by atoms with Crippen LogP contribution in [0.15, 0.2) is 24.3 Å². The predicted octanol–water partition coefficient (Wildman–Crippen LogP) is 2.59. The van der Waals surface area contributed by atoms with Gasteiger partial charge in [0.2, 0.25) is 0 Å². The van der Waals surface area contributed by atoms with Crippen LogP contribution in [0.1, 0.15) is 37.0 Å². The summed E-state index contributed by atoms with van der Waals surface area (Å²) in [6.45, 7) is 3.35. The van der Waals surface area contributed by atoms with Gasteiger partial charge in [0.25, 0.3) is 0 Å². The van der Waals surface area contributed by atoms with Gasteiger partial charge in [-0.25, -0.2) is 0 Å². The van der Waals surface area contributed by atoms with Crippen molar-refractivity contribution < 1.29 is 14.3 Å². The molecule has 0 aliphatic rings. The number of rotatable bonds is 4. The van der Waals surface area contributed by atoms with Crippen molar-refractivity contribution in [3.8, 4) is 5.75 Å². The summed E-state index contributed by atoms with van der Waals surface area (Å²) in [4.78, 5) is 22.5. The van der Waals surface area contributed by atoms with E-state index in [9.17, 15) is 9.59 Å². The Morgan fingerprint density at radius 3 is 2.53 bits per heavy atom. The van der Waals surface area contributed by atoms with Crippen molar-refractivity contribution in [2.24, 2.45) is 0 Å². The van der Waals surface area contributed by atoms with E-state index in [1.165, 1.54) is 6.92 Å². The maximum Gasteiger partial charge on any atom is 0.311 e. The van der Waals surface area contributed by atoms with Crippen LogP contribution in [-0.4, -0.2) is 11.8 Å². The van der Waals surface area contributed by atoms with Crippen molar-refractivity contribution in [1.82, 2.24) is 0 Å². The Morgan fingerprint density at radius 2 is 1.93 bits per heavy atom. The molecule has 1 rings (SSSR count). The maximum atomic E-state index is 11.3. The minimum Gasteiger partial charge on any atom is -0.426 e. The number of hydrogen-bond acceptors (Lipinski definition) is 3. The summed E-state index contributed by atoms with van der Waals surface area (Å²) in [5, 5.41) is 0. The molecule has 80 valence electrons. The minimum atomic E-state index is -0.300. The Bertz CT molecular complexity index is 369. The molecule has 0 atom stereocenters. The summed E-state index contributed by atoms with van der Waals surface area (Å²) in [5.41, 5.74) is 0.446. The highest BCUT2D eigenvalue weighted by Gasteiger charge is 2.10. The monoisotopic (exact) mass is 206 g/mol. The standard InChI is InChI=1S/C12H14O3/c1-3-6-12(14)15-11-8-5-4-7-10(11)9(2)13/h4-5,7-8H,3,6H2,1-2H3. The number of hydrogen-bond donors (Lipinski definition) is 0. The van der Waals surface area contributed by atoms with Crippen LogP contribution in [0.5, 0.6) is 5.75 Å². The molecule has 0 aliphatic heterocycles. The van der Waals surface area contributed by atoms with Crippen molar-refractivity contribution >= 4 is 11.8 Å². The summed E-state index contributed by atoms with van der Waals surface area (Å²) in [7, 11) is 0. The van der Waals surface area contributed by atoms with Crippen molar-refractivity contribution in [3.63, 3.8) is 0 Å². The molecule has 3 nitrogen and oxygen atoms in total. The van der Waals surface area contributed by atoms with E-state index in [0.717, 1.165) is 6.42 Å². The van der Waals surface area contributed by atoms with Crippen molar-refractivity contribution in [1.29, 1.82) is 0 Å². The number of ether oxygens (including phenoxy) is 1. The second-order valence-corrected chi connectivity index (χ2v) is 3.28. The van der Waals surface area contributed by atoms with Gasteiger partial charge in [0.15, 0.2) is 5.78 Å². The molecule has 1 aromatic rings. The molecule has 0 aliphatic carbocycles. The molecule has 0 spiro atoms. The molecule has 0 N–H and O–H groups in total. The summed E-state index contributed by atoms with van der Waals surface area (Å²) in [6.07, 6.45) is 1.10. The van der Waals surface area contributed by atoms with Gasteiger partial charge < -0.3 is 4.74 Å². The fourth-order valence-corrected chi connectivity index (χ4v) is 1.22. The largest absolute Gasteiger partial charge is 0.426 e. The lowest BCUT2D eigenvalue weighted by molar-refractivity contribution is -0.134. The first-order chi connectivity index (χ1) is 7.15. The van der Waals surface area contributed by atoms with Crippen molar-refractivity contribution in [2.45, 2.75) is 26.7 Å². The number of benzene rings is 1. The van der Waals surface area contributed by atoms with Crippen LogP contribution >= 0.6 is 0 Å². The van der Waals surface area contributed by atoms with Crippen LogP contribution in [0.4, 0.5) is 0 Å². The Balaban J connectivity index is 2.84. The predicted molar refractivity (Wildman–Crippen MR) is 57.0 cm³/mol. The van der Waals surface area contributed by atoms with Crippen LogP contribution in [0, 0.1) is 0 Å². The summed E-state index contributed by atoms with van der Waals surface area (Å²) >= 11 is 0. The van der Waals surface area contributed by atoms with E-state index >= 15 is 0 Å². The van der Waals surface area contributed by atoms with Crippen LogP contribution in [0.3, 0.4) is 0 Å². The Hall–Kier alpha value is -1.64. The summed E-state index contributed by atoms with van der Waals surface area (Å²) in [5.74, 6) is -0.0513. The molecule has 0 saturated heterocycles. The van der Waals surface area contributed by atoms with E-state index in [-0.39, 0.29) is 11.8 Å². The topological polar surface area (TPSA) is 43.4 Å². The molecule has 0 unspecified atom stereocenters. The highest BCUT2D eigenvalue weighted by molar-refractivity contribution is 5.97. The third kappa shape index (κ3) is 3.20. The van der Waals surface area contributed by atoms with Gasteiger partial charge in [0, 0.05) is 6.42 Å². The molecule has 0 amide bonds. The van der Waals surface area contributed by atoms with Gasteiger partial charge in [-0.05, 0) is 25.5 Å². The van der Waals surface area contributed by atoms with Gasteiger partial charge in [-0.3, -0.25) is 9.59 Å². The molecule has 0 saturated carbocycles. The zero-order valence-corrected chi connectivity index (χ0v) is 8.95. The van der Waals surface area contributed by atoms with Gasteiger partial charge in [-0.2, -0.15) is 0 Å². The van der Waals surface area contributed by atoms with Crippen LogP contribution in [0.2, 0.25) is 0 Å². The highest BCUT2D eigenvalue weighted by atomic mass is 16.5. The molecule has 0 bridgehead atoms. The highest BCUT2D eigenvalue weighted by Crippen LogP contribution is 2.18.